The Morgan fingerprint density at radius 3 is 1.83 bits per heavy atom. The van der Waals surface area contributed by atoms with Gasteiger partial charge in [-0.25, -0.2) is 0 Å². The molecule has 0 aliphatic carbocycles. The summed E-state index contributed by atoms with van der Waals surface area (Å²) >= 11 is 11.8. The molecule has 0 bridgehead atoms. The number of ketones is 1. The first kappa shape index (κ1) is 15.0. The first-order chi connectivity index (χ1) is 11.6. The van der Waals surface area contributed by atoms with Gasteiger partial charge < -0.3 is 4.57 Å². The summed E-state index contributed by atoms with van der Waals surface area (Å²) in [4.78, 5) is 26.4. The zero-order chi connectivity index (χ0) is 16.8. The lowest BCUT2D eigenvalue weighted by Crippen LogP contribution is -2.25. The summed E-state index contributed by atoms with van der Waals surface area (Å²) in [5.74, 6) is -1.12. The molecule has 0 spiro atoms. The monoisotopic (exact) mass is 356 g/mol. The number of carbonyl (C=O) groups excluding carboxylic acids is 2. The number of aromatic nitrogens is 1. The van der Waals surface area contributed by atoms with Crippen molar-refractivity contribution in [3.63, 3.8) is 0 Å². The molecule has 4 rings (SSSR count). The van der Waals surface area contributed by atoms with Crippen LogP contribution < -0.4 is 4.90 Å². The fraction of sp³-hybridized carbons (Fsp3) is 0. The van der Waals surface area contributed by atoms with Gasteiger partial charge in [0.25, 0.3) is 5.78 Å². The van der Waals surface area contributed by atoms with E-state index in [1.54, 1.807) is 65.4 Å². The van der Waals surface area contributed by atoms with Crippen LogP contribution >= 0.6 is 23.2 Å². The van der Waals surface area contributed by atoms with Crippen molar-refractivity contribution in [2.45, 2.75) is 0 Å². The van der Waals surface area contributed by atoms with Crippen LogP contribution in [0.4, 0.5) is 11.4 Å². The Morgan fingerprint density at radius 1 is 0.708 bits per heavy atom. The SMILES string of the molecule is O=C1C(=O)N(c2ccc(Cl)cc2)c2ccn(-c3ccc(Cl)cc3)c21. The molecule has 0 atom stereocenters. The summed E-state index contributed by atoms with van der Waals surface area (Å²) < 4.78 is 1.70. The molecular weight excluding hydrogens is 347 g/mol. The van der Waals surface area contributed by atoms with Crippen LogP contribution in [0.1, 0.15) is 10.5 Å². The van der Waals surface area contributed by atoms with Gasteiger partial charge in [0.15, 0.2) is 0 Å². The number of amides is 1. The third-order valence-electron chi connectivity index (χ3n) is 3.91. The smallest absolute Gasteiger partial charge is 0.305 e. The van der Waals surface area contributed by atoms with E-state index in [-0.39, 0.29) is 0 Å². The highest BCUT2D eigenvalue weighted by Gasteiger charge is 2.39. The summed E-state index contributed by atoms with van der Waals surface area (Å²) in [7, 11) is 0. The second kappa shape index (κ2) is 5.51. The summed E-state index contributed by atoms with van der Waals surface area (Å²) in [5, 5.41) is 1.17. The first-order valence-corrected chi connectivity index (χ1v) is 7.93. The molecule has 2 heterocycles. The van der Waals surface area contributed by atoms with Crippen LogP contribution in [0.5, 0.6) is 0 Å². The van der Waals surface area contributed by atoms with Crippen LogP contribution in [0.15, 0.2) is 60.8 Å². The Bertz CT molecular complexity index is 960. The van der Waals surface area contributed by atoms with Crippen LogP contribution in [0.2, 0.25) is 10.0 Å². The Kier molecular flexibility index (Phi) is 3.44. The molecule has 118 valence electrons. The highest BCUT2D eigenvalue weighted by atomic mass is 35.5. The number of fused-ring (bicyclic) bond motifs is 1. The highest BCUT2D eigenvalue weighted by molar-refractivity contribution is 6.53. The number of Topliss-reactive ketones (excluding diaryl/α,β-unsaturated/α-hetero) is 1. The molecule has 0 unspecified atom stereocenters. The quantitative estimate of drug-likeness (QED) is 0.627. The first-order valence-electron chi connectivity index (χ1n) is 7.18. The topological polar surface area (TPSA) is 42.3 Å². The average Bonchev–Trinajstić information content (AvgIpc) is 3.10. The lowest BCUT2D eigenvalue weighted by Gasteiger charge is -2.15. The molecular formula is C18H10Cl2N2O2. The van der Waals surface area contributed by atoms with Gasteiger partial charge in [-0.15, -0.1) is 0 Å². The van der Waals surface area contributed by atoms with E-state index in [2.05, 4.69) is 0 Å². The predicted octanol–water partition coefficient (Wildman–Crippen LogP) is 4.65. The van der Waals surface area contributed by atoms with Crippen molar-refractivity contribution in [1.82, 2.24) is 4.57 Å². The third kappa shape index (κ3) is 2.23. The third-order valence-corrected chi connectivity index (χ3v) is 4.41. The summed E-state index contributed by atoms with van der Waals surface area (Å²) in [6.45, 7) is 0. The number of hydrogen-bond acceptors (Lipinski definition) is 2. The number of rotatable bonds is 2. The van der Waals surface area contributed by atoms with Crippen molar-refractivity contribution in [3.05, 3.63) is 76.5 Å². The number of benzene rings is 2. The fourth-order valence-corrected chi connectivity index (χ4v) is 3.06. The molecule has 3 aromatic rings. The van der Waals surface area contributed by atoms with Crippen LogP contribution in [0.3, 0.4) is 0 Å². The van der Waals surface area contributed by atoms with Gasteiger partial charge in [-0.3, -0.25) is 14.5 Å². The van der Waals surface area contributed by atoms with Gasteiger partial charge >= 0.3 is 5.91 Å². The summed E-state index contributed by atoms with van der Waals surface area (Å²) in [6.07, 6.45) is 1.77. The minimum atomic E-state index is -0.578. The normalized spacial score (nSPS) is 13.5. The maximum atomic E-state index is 12.5. The minimum Gasteiger partial charge on any atom is -0.312 e. The Morgan fingerprint density at radius 2 is 1.25 bits per heavy atom. The number of hydrogen-bond donors (Lipinski definition) is 0. The lowest BCUT2D eigenvalue weighted by molar-refractivity contribution is -0.113. The molecule has 6 heteroatoms. The van der Waals surface area contributed by atoms with Crippen molar-refractivity contribution in [2.75, 3.05) is 4.90 Å². The van der Waals surface area contributed by atoms with E-state index < -0.39 is 11.7 Å². The maximum Gasteiger partial charge on any atom is 0.305 e. The highest BCUT2D eigenvalue weighted by Crippen LogP contribution is 2.37. The Labute approximate surface area is 147 Å². The second-order valence-electron chi connectivity index (χ2n) is 5.34. The molecule has 0 fully saturated rings. The molecule has 1 aliphatic heterocycles. The largest absolute Gasteiger partial charge is 0.312 e. The maximum absolute atomic E-state index is 12.5. The molecule has 1 aromatic heterocycles. The zero-order valence-electron chi connectivity index (χ0n) is 12.2. The van der Waals surface area contributed by atoms with E-state index in [1.165, 1.54) is 4.90 Å². The van der Waals surface area contributed by atoms with Gasteiger partial charge in [-0.2, -0.15) is 0 Å². The fourth-order valence-electron chi connectivity index (χ4n) is 2.80. The van der Waals surface area contributed by atoms with Crippen molar-refractivity contribution in [3.8, 4) is 5.69 Å². The Hall–Kier alpha value is -2.56. The molecule has 24 heavy (non-hydrogen) atoms. The van der Waals surface area contributed by atoms with Gasteiger partial charge in [-0.1, -0.05) is 23.2 Å². The number of halogens is 2. The van der Waals surface area contributed by atoms with E-state index in [4.69, 9.17) is 23.2 Å². The molecule has 0 saturated heterocycles. The van der Waals surface area contributed by atoms with Gasteiger partial charge in [0.1, 0.15) is 5.69 Å². The number of nitrogens with zero attached hydrogens (tertiary/aromatic N) is 2. The van der Waals surface area contributed by atoms with Crippen LogP contribution in [0, 0.1) is 0 Å². The second-order valence-corrected chi connectivity index (χ2v) is 6.21. The van der Waals surface area contributed by atoms with E-state index >= 15 is 0 Å². The van der Waals surface area contributed by atoms with Crippen LogP contribution in [-0.2, 0) is 4.79 Å². The molecule has 1 aliphatic rings. The molecule has 0 radical (unpaired) electrons. The zero-order valence-corrected chi connectivity index (χ0v) is 13.8. The van der Waals surface area contributed by atoms with Crippen molar-refractivity contribution >= 4 is 46.3 Å². The van der Waals surface area contributed by atoms with Gasteiger partial charge in [0.2, 0.25) is 0 Å². The van der Waals surface area contributed by atoms with Crippen molar-refractivity contribution < 1.29 is 9.59 Å². The minimum absolute atomic E-state index is 0.345. The molecule has 0 saturated carbocycles. The number of carbonyl (C=O) groups is 2. The standard InChI is InChI=1S/C18H10Cl2N2O2/c19-11-1-5-13(6-2-11)21-10-9-15-16(21)17(23)18(24)22(15)14-7-3-12(20)4-8-14/h1-10H. The van der Waals surface area contributed by atoms with Crippen LogP contribution in [-0.4, -0.2) is 16.3 Å². The molecule has 1 amide bonds. The summed E-state index contributed by atoms with van der Waals surface area (Å²) in [5.41, 5.74) is 2.27. The van der Waals surface area contributed by atoms with Gasteiger partial charge in [0.05, 0.1) is 5.69 Å². The number of anilines is 2. The van der Waals surface area contributed by atoms with Crippen molar-refractivity contribution in [1.29, 1.82) is 0 Å². The van der Waals surface area contributed by atoms with E-state index in [1.807, 2.05) is 0 Å². The molecule has 2 aromatic carbocycles. The van der Waals surface area contributed by atoms with E-state index in [9.17, 15) is 9.59 Å². The molecule has 0 N–H and O–H groups in total. The predicted molar refractivity (Wildman–Crippen MR) is 93.7 cm³/mol. The van der Waals surface area contributed by atoms with E-state index in [0.29, 0.717) is 27.1 Å². The summed E-state index contributed by atoms with van der Waals surface area (Å²) in [6, 6.07) is 15.6. The van der Waals surface area contributed by atoms with Gasteiger partial charge in [-0.05, 0) is 54.6 Å². The lowest BCUT2D eigenvalue weighted by atomic mass is 10.2. The van der Waals surface area contributed by atoms with Crippen molar-refractivity contribution in [2.24, 2.45) is 0 Å². The van der Waals surface area contributed by atoms with Crippen LogP contribution in [0.25, 0.3) is 5.69 Å². The average molecular weight is 357 g/mol. The Balaban J connectivity index is 1.84. The molecule has 4 nitrogen and oxygen atoms in total. The van der Waals surface area contributed by atoms with E-state index in [0.717, 1.165) is 5.69 Å². The van der Waals surface area contributed by atoms with Gasteiger partial charge in [0, 0.05) is 27.6 Å².